The van der Waals surface area contributed by atoms with Crippen molar-refractivity contribution in [3.8, 4) is 0 Å². The first-order chi connectivity index (χ1) is 17.5. The van der Waals surface area contributed by atoms with Crippen LogP contribution < -0.4 is 0 Å². The van der Waals surface area contributed by atoms with Gasteiger partial charge in [0.25, 0.3) is 0 Å². The molecule has 1 radical (unpaired) electrons. The molecule has 0 aliphatic carbocycles. The third kappa shape index (κ3) is 9.52. The van der Waals surface area contributed by atoms with Gasteiger partial charge >= 0.3 is 11.8 Å². The fourth-order valence-corrected chi connectivity index (χ4v) is 2.59. The molecule has 0 saturated heterocycles. The Morgan fingerprint density at radius 2 is 0.946 bits per heavy atom. The van der Waals surface area contributed by atoms with E-state index in [4.69, 9.17) is 10.2 Å². The second-order valence-electron chi connectivity index (χ2n) is 6.90. The molecule has 0 aliphatic rings. The van der Waals surface area contributed by atoms with Gasteiger partial charge in [0.05, 0.1) is 23.6 Å². The summed E-state index contributed by atoms with van der Waals surface area (Å²) in [5.74, 6) is -0.728. The second-order valence-corrected chi connectivity index (χ2v) is 6.90. The maximum atomic E-state index is 13.2. The van der Waals surface area contributed by atoms with E-state index in [9.17, 15) is 8.78 Å². The van der Waals surface area contributed by atoms with E-state index in [0.717, 1.165) is 0 Å². The molecule has 4 aromatic rings. The zero-order valence-corrected chi connectivity index (χ0v) is 20.1. The molecule has 0 aliphatic heterocycles. The Kier molecular flexibility index (Phi) is 11.9. The van der Waals surface area contributed by atoms with Crippen molar-refractivity contribution in [1.29, 1.82) is 0 Å². The van der Waals surface area contributed by atoms with E-state index in [1.165, 1.54) is 24.6 Å². The van der Waals surface area contributed by atoms with Crippen molar-refractivity contribution in [2.75, 3.05) is 0 Å². The molecule has 37 heavy (non-hydrogen) atoms. The minimum absolute atomic E-state index is 0. The van der Waals surface area contributed by atoms with E-state index >= 15 is 0 Å². The summed E-state index contributed by atoms with van der Waals surface area (Å²) >= 11 is 0. The molecular weight excluding hydrogens is 530 g/mol. The molecule has 0 saturated carbocycles. The molecule has 0 fully saturated rings. The average Bonchev–Trinajstić information content (AvgIpc) is 2.92. The molecule has 2 aromatic carbocycles. The predicted octanol–water partition coefficient (Wildman–Crippen LogP) is 3.45. The van der Waals surface area contributed by atoms with Gasteiger partial charge in [0.15, 0.2) is 0 Å². The molecule has 11 heteroatoms. The molecule has 2 aromatic heterocycles. The topological polar surface area (TPSA) is 121 Å². The van der Waals surface area contributed by atoms with Gasteiger partial charge in [-0.2, -0.15) is 10.2 Å². The van der Waals surface area contributed by atoms with Gasteiger partial charge in [0, 0.05) is 53.0 Å². The Morgan fingerprint density at radius 1 is 0.595 bits per heavy atom. The largest absolute Gasteiger partial charge is 0.577 e. The van der Waals surface area contributed by atoms with Crippen LogP contribution in [0.5, 0.6) is 0 Å². The van der Waals surface area contributed by atoms with Crippen molar-refractivity contribution in [3.05, 3.63) is 131 Å². The molecule has 4 N–H and O–H groups in total. The molecule has 0 bridgehead atoms. The number of pyridine rings is 2. The van der Waals surface area contributed by atoms with E-state index in [0.29, 0.717) is 22.3 Å². The van der Waals surface area contributed by atoms with E-state index in [1.807, 2.05) is 0 Å². The molecule has 0 spiro atoms. The molecule has 4 rings (SSSR count). The third-order valence-electron chi connectivity index (χ3n) is 4.43. The summed E-state index contributed by atoms with van der Waals surface area (Å²) in [5, 5.41) is 30.1. The molecule has 0 amide bonds. The van der Waals surface area contributed by atoms with Crippen LogP contribution >= 0.6 is 0 Å². The number of halogens is 2. The number of hydrogen-bond acceptors (Lipinski definition) is 6. The van der Waals surface area contributed by atoms with Crippen molar-refractivity contribution in [2.24, 2.45) is 20.4 Å². The Hall–Kier alpha value is -4.60. The minimum Gasteiger partial charge on any atom is -0.577 e. The van der Waals surface area contributed by atoms with Gasteiger partial charge in [0.1, 0.15) is 11.6 Å². The molecule has 2 heterocycles. The summed E-state index contributed by atoms with van der Waals surface area (Å²) in [6.45, 7) is 0. The molecule has 0 atom stereocenters. The maximum absolute atomic E-state index is 13.2. The summed E-state index contributed by atoms with van der Waals surface area (Å²) in [5.41, 5.74) is 1.89. The van der Waals surface area contributed by atoms with Gasteiger partial charge in [-0.25, -0.2) is 8.78 Å². The second kappa shape index (κ2) is 15.4. The van der Waals surface area contributed by atoms with Crippen LogP contribution in [0.1, 0.15) is 22.3 Å². The maximum Gasteiger partial charge on any atom is 0.383 e. The van der Waals surface area contributed by atoms with Gasteiger partial charge in [-0.3, -0.25) is 9.97 Å². The Morgan fingerprint density at radius 3 is 1.30 bits per heavy atom. The summed E-state index contributed by atoms with van der Waals surface area (Å²) in [4.78, 5) is 7.68. The quantitative estimate of drug-likeness (QED) is 0.120. The number of nitrogens with zero attached hydrogens (tertiary/aromatic N) is 6. The Bertz CT molecular complexity index is 1280. The summed E-state index contributed by atoms with van der Waals surface area (Å²) in [6.07, 6.45) is 8.84. The van der Waals surface area contributed by atoms with E-state index < -0.39 is 0 Å². The molecular formula is C26H22CuF2N6O2+2. The van der Waals surface area contributed by atoms with Crippen molar-refractivity contribution >= 4 is 24.2 Å². The van der Waals surface area contributed by atoms with Crippen LogP contribution in [0, 0.1) is 11.6 Å². The average molecular weight is 552 g/mol. The van der Waals surface area contributed by atoms with Crippen molar-refractivity contribution in [2.45, 2.75) is 0 Å². The van der Waals surface area contributed by atoms with Gasteiger partial charge in [-0.05, 0) is 36.4 Å². The fraction of sp³-hybridized carbons (Fsp3) is 0. The summed E-state index contributed by atoms with van der Waals surface area (Å²) < 4.78 is 26.5. The normalized spacial score (nSPS) is 11.6. The van der Waals surface area contributed by atoms with Crippen LogP contribution in [0.2, 0.25) is 0 Å². The van der Waals surface area contributed by atoms with Crippen molar-refractivity contribution in [1.82, 2.24) is 9.97 Å². The van der Waals surface area contributed by atoms with Gasteiger partial charge in [0.2, 0.25) is 0 Å². The van der Waals surface area contributed by atoms with Crippen molar-refractivity contribution < 1.29 is 36.1 Å². The van der Waals surface area contributed by atoms with E-state index in [1.54, 1.807) is 85.5 Å². The van der Waals surface area contributed by atoms with Crippen molar-refractivity contribution in [3.63, 3.8) is 0 Å². The first kappa shape index (κ1) is 28.6. The zero-order chi connectivity index (χ0) is 25.6. The molecule has 191 valence electrons. The molecule has 0 unspecified atom stereocenters. The Balaban J connectivity index is 0.000000253. The first-order valence-electron chi connectivity index (χ1n) is 10.5. The SMILES string of the molecule is [Cu].[OH2+]/C(=N\N=C\c1ccccc1F)c1ccncc1.[OH2+]/C(=N\N=C\c1ccccc1F)c1ccncc1. The molecule has 8 nitrogen and oxygen atoms in total. The number of aromatic nitrogens is 2. The minimum atomic E-state index is -0.369. The third-order valence-corrected chi connectivity index (χ3v) is 4.43. The predicted molar refractivity (Wildman–Crippen MR) is 137 cm³/mol. The number of rotatable bonds is 6. The Labute approximate surface area is 222 Å². The van der Waals surface area contributed by atoms with Crippen LogP contribution in [0.25, 0.3) is 0 Å². The van der Waals surface area contributed by atoms with Crippen LogP contribution in [-0.4, -0.2) is 44.4 Å². The van der Waals surface area contributed by atoms with Crippen LogP contribution in [0.3, 0.4) is 0 Å². The zero-order valence-electron chi connectivity index (χ0n) is 19.1. The van der Waals surface area contributed by atoms with Crippen LogP contribution in [-0.2, 0) is 17.1 Å². The van der Waals surface area contributed by atoms with Gasteiger partial charge in [-0.1, -0.05) is 46.6 Å². The van der Waals surface area contributed by atoms with Crippen LogP contribution in [0.15, 0.2) is 118 Å². The van der Waals surface area contributed by atoms with Gasteiger partial charge in [-0.15, -0.1) is 0 Å². The van der Waals surface area contributed by atoms with E-state index in [-0.39, 0.29) is 40.5 Å². The first-order valence-corrected chi connectivity index (χ1v) is 10.5. The van der Waals surface area contributed by atoms with Gasteiger partial charge < -0.3 is 10.2 Å². The van der Waals surface area contributed by atoms with E-state index in [2.05, 4.69) is 30.4 Å². The summed E-state index contributed by atoms with van der Waals surface area (Å²) in [6, 6.07) is 19.1. The standard InChI is InChI=1S/2C13H10FN3O.Cu/c2*14-12-4-2-1-3-11(12)9-16-17-13(18)10-5-7-15-8-6-10;/h2*1-9H,(H,17,18);/p+2/b2*16-9+;. The fourth-order valence-electron chi connectivity index (χ4n) is 2.59. The van der Waals surface area contributed by atoms with Crippen LogP contribution in [0.4, 0.5) is 8.78 Å². The smallest absolute Gasteiger partial charge is 0.383 e. The summed E-state index contributed by atoms with van der Waals surface area (Å²) in [7, 11) is 0. The number of benzene rings is 2. The monoisotopic (exact) mass is 551 g/mol. The number of hydrogen-bond donors (Lipinski definition) is 0.